The summed E-state index contributed by atoms with van der Waals surface area (Å²) in [5.41, 5.74) is 1.39. The third kappa shape index (κ3) is 5.96. The Bertz CT molecular complexity index is 596. The lowest BCUT2D eigenvalue weighted by Gasteiger charge is -2.36. The van der Waals surface area contributed by atoms with Gasteiger partial charge in [-0.2, -0.15) is 0 Å². The molecule has 3 nitrogen and oxygen atoms in total. The van der Waals surface area contributed by atoms with Crippen molar-refractivity contribution in [2.45, 2.75) is 64.8 Å². The van der Waals surface area contributed by atoms with E-state index in [1.165, 1.54) is 81.3 Å². The molecule has 0 spiro atoms. The summed E-state index contributed by atoms with van der Waals surface area (Å²) in [6.07, 6.45) is 9.60. The topological polar surface area (TPSA) is 15.7 Å². The van der Waals surface area contributed by atoms with Crippen molar-refractivity contribution in [2.75, 3.05) is 39.8 Å². The molecule has 4 heteroatoms. The Kier molecular flexibility index (Phi) is 8.68. The summed E-state index contributed by atoms with van der Waals surface area (Å²) in [6, 6.07) is 7.20. The number of hydrogen-bond donors (Lipinski definition) is 0. The van der Waals surface area contributed by atoms with Crippen LogP contribution in [-0.2, 0) is 6.42 Å². The number of benzene rings is 1. The highest BCUT2D eigenvalue weighted by molar-refractivity contribution is 9.10. The van der Waals surface area contributed by atoms with E-state index in [4.69, 9.17) is 4.74 Å². The van der Waals surface area contributed by atoms with Crippen LogP contribution < -0.4 is 4.74 Å². The van der Waals surface area contributed by atoms with E-state index in [1.54, 1.807) is 7.11 Å². The number of ether oxygens (including phenoxy) is 1. The SMILES string of the molecule is CCN(CC)C1CCC(CCN2CCC(Cc3cc(OC)ccc3Br)C2)CC1. The first-order valence-electron chi connectivity index (χ1n) is 11.4. The van der Waals surface area contributed by atoms with Gasteiger partial charge in [0.1, 0.15) is 5.75 Å². The molecule has 158 valence electrons. The van der Waals surface area contributed by atoms with Gasteiger partial charge in [-0.1, -0.05) is 29.8 Å². The molecule has 2 aliphatic rings. The Morgan fingerprint density at radius 3 is 2.50 bits per heavy atom. The predicted octanol–water partition coefficient (Wildman–Crippen LogP) is 5.61. The van der Waals surface area contributed by atoms with Crippen LogP contribution in [-0.4, -0.2) is 55.7 Å². The third-order valence-corrected chi connectivity index (χ3v) is 7.90. The van der Waals surface area contributed by atoms with Crippen molar-refractivity contribution in [3.8, 4) is 5.75 Å². The molecule has 1 aromatic carbocycles. The molecule has 1 saturated carbocycles. The molecule has 1 unspecified atom stereocenters. The highest BCUT2D eigenvalue weighted by Crippen LogP contribution is 2.31. The molecule has 0 bridgehead atoms. The predicted molar refractivity (Wildman–Crippen MR) is 122 cm³/mol. The van der Waals surface area contributed by atoms with Gasteiger partial charge >= 0.3 is 0 Å². The molecular formula is C24H39BrN2O. The van der Waals surface area contributed by atoms with Crippen molar-refractivity contribution in [1.82, 2.24) is 9.80 Å². The number of rotatable bonds is 9. The van der Waals surface area contributed by atoms with Gasteiger partial charge in [-0.15, -0.1) is 0 Å². The Morgan fingerprint density at radius 2 is 1.82 bits per heavy atom. The van der Waals surface area contributed by atoms with Crippen molar-refractivity contribution >= 4 is 15.9 Å². The molecule has 0 amide bonds. The molecule has 1 atom stereocenters. The Balaban J connectivity index is 1.39. The molecule has 3 rings (SSSR count). The van der Waals surface area contributed by atoms with Gasteiger partial charge in [0.05, 0.1) is 7.11 Å². The van der Waals surface area contributed by atoms with E-state index in [-0.39, 0.29) is 0 Å². The van der Waals surface area contributed by atoms with E-state index in [2.05, 4.69) is 51.7 Å². The second kappa shape index (κ2) is 11.0. The van der Waals surface area contributed by atoms with Crippen LogP contribution in [0.2, 0.25) is 0 Å². The zero-order chi connectivity index (χ0) is 19.9. The lowest BCUT2D eigenvalue weighted by Crippen LogP contribution is -2.38. The molecule has 0 aromatic heterocycles. The zero-order valence-corrected chi connectivity index (χ0v) is 19.7. The van der Waals surface area contributed by atoms with Crippen LogP contribution in [0.15, 0.2) is 22.7 Å². The van der Waals surface area contributed by atoms with Crippen LogP contribution in [0.5, 0.6) is 5.75 Å². The minimum atomic E-state index is 0.779. The fourth-order valence-electron chi connectivity index (χ4n) is 5.33. The van der Waals surface area contributed by atoms with Crippen LogP contribution >= 0.6 is 15.9 Å². The Hall–Kier alpha value is -0.580. The van der Waals surface area contributed by atoms with Gasteiger partial charge < -0.3 is 14.5 Å². The smallest absolute Gasteiger partial charge is 0.119 e. The average Bonchev–Trinajstić information content (AvgIpc) is 3.17. The van der Waals surface area contributed by atoms with Gasteiger partial charge in [0.15, 0.2) is 0 Å². The second-order valence-corrected chi connectivity index (χ2v) is 9.66. The first kappa shape index (κ1) is 22.1. The third-order valence-electron chi connectivity index (χ3n) is 7.13. The van der Waals surface area contributed by atoms with Crippen molar-refractivity contribution in [3.05, 3.63) is 28.2 Å². The summed E-state index contributed by atoms with van der Waals surface area (Å²) in [6.45, 7) is 10.9. The number of nitrogens with zero attached hydrogens (tertiary/aromatic N) is 2. The molecule has 1 aromatic rings. The van der Waals surface area contributed by atoms with E-state index in [0.717, 1.165) is 30.0 Å². The zero-order valence-electron chi connectivity index (χ0n) is 18.1. The van der Waals surface area contributed by atoms with E-state index in [1.807, 2.05) is 6.07 Å². The highest BCUT2D eigenvalue weighted by Gasteiger charge is 2.27. The van der Waals surface area contributed by atoms with E-state index >= 15 is 0 Å². The average molecular weight is 451 g/mol. The van der Waals surface area contributed by atoms with Gasteiger partial charge in [-0.05, 0) is 107 Å². The minimum Gasteiger partial charge on any atom is -0.497 e. The van der Waals surface area contributed by atoms with Gasteiger partial charge in [0.2, 0.25) is 0 Å². The molecule has 0 radical (unpaired) electrons. The van der Waals surface area contributed by atoms with Crippen LogP contribution in [0, 0.1) is 11.8 Å². The molecular weight excluding hydrogens is 412 g/mol. The number of halogens is 1. The van der Waals surface area contributed by atoms with Crippen molar-refractivity contribution in [2.24, 2.45) is 11.8 Å². The van der Waals surface area contributed by atoms with Crippen LogP contribution in [0.4, 0.5) is 0 Å². The van der Waals surface area contributed by atoms with Crippen LogP contribution in [0.1, 0.15) is 57.9 Å². The van der Waals surface area contributed by atoms with Gasteiger partial charge in [-0.25, -0.2) is 0 Å². The van der Waals surface area contributed by atoms with Crippen LogP contribution in [0.3, 0.4) is 0 Å². The van der Waals surface area contributed by atoms with E-state index < -0.39 is 0 Å². The minimum absolute atomic E-state index is 0.779. The normalized spacial score (nSPS) is 26.1. The van der Waals surface area contributed by atoms with Crippen LogP contribution in [0.25, 0.3) is 0 Å². The monoisotopic (exact) mass is 450 g/mol. The molecule has 1 saturated heterocycles. The summed E-state index contributed by atoms with van der Waals surface area (Å²) in [5, 5.41) is 0. The van der Waals surface area contributed by atoms with Gasteiger partial charge in [-0.3, -0.25) is 0 Å². The van der Waals surface area contributed by atoms with Gasteiger partial charge in [0, 0.05) is 17.1 Å². The fraction of sp³-hybridized carbons (Fsp3) is 0.750. The Labute approximate surface area is 180 Å². The van der Waals surface area contributed by atoms with E-state index in [0.29, 0.717) is 0 Å². The van der Waals surface area contributed by atoms with Crippen molar-refractivity contribution in [1.29, 1.82) is 0 Å². The standard InChI is InChI=1S/C24H39BrN2O/c1-4-27(5-2)22-8-6-19(7-9-22)12-14-26-15-13-20(18-26)16-21-17-23(28-3)10-11-24(21)25/h10-11,17,19-20,22H,4-9,12-16,18H2,1-3H3. The molecule has 2 fully saturated rings. The summed E-state index contributed by atoms with van der Waals surface area (Å²) < 4.78 is 6.62. The van der Waals surface area contributed by atoms with Crippen molar-refractivity contribution < 1.29 is 4.74 Å². The van der Waals surface area contributed by atoms with Gasteiger partial charge in [0.25, 0.3) is 0 Å². The van der Waals surface area contributed by atoms with Crippen molar-refractivity contribution in [3.63, 3.8) is 0 Å². The summed E-state index contributed by atoms with van der Waals surface area (Å²) in [7, 11) is 1.75. The number of hydrogen-bond acceptors (Lipinski definition) is 3. The summed E-state index contributed by atoms with van der Waals surface area (Å²) in [5.74, 6) is 2.70. The quantitative estimate of drug-likeness (QED) is 0.485. The highest BCUT2D eigenvalue weighted by atomic mass is 79.9. The molecule has 28 heavy (non-hydrogen) atoms. The summed E-state index contributed by atoms with van der Waals surface area (Å²) in [4.78, 5) is 5.38. The Morgan fingerprint density at radius 1 is 1.07 bits per heavy atom. The summed E-state index contributed by atoms with van der Waals surface area (Å²) >= 11 is 3.72. The second-order valence-electron chi connectivity index (χ2n) is 8.80. The lowest BCUT2D eigenvalue weighted by molar-refractivity contribution is 0.141. The number of methoxy groups -OCH3 is 1. The largest absolute Gasteiger partial charge is 0.497 e. The fourth-order valence-corrected chi connectivity index (χ4v) is 5.74. The first-order valence-corrected chi connectivity index (χ1v) is 12.2. The molecule has 1 aliphatic heterocycles. The molecule has 1 aliphatic carbocycles. The first-order chi connectivity index (χ1) is 13.6. The maximum Gasteiger partial charge on any atom is 0.119 e. The lowest BCUT2D eigenvalue weighted by atomic mass is 9.83. The maximum atomic E-state index is 5.40. The van der Waals surface area contributed by atoms with E-state index in [9.17, 15) is 0 Å². The molecule has 0 N–H and O–H groups in total. The number of likely N-dealkylation sites (tertiary alicyclic amines) is 1. The maximum absolute atomic E-state index is 5.40. The molecule has 1 heterocycles.